The molecule has 0 atom stereocenters. The number of rotatable bonds is 4. The van der Waals surface area contributed by atoms with Gasteiger partial charge in [-0.1, -0.05) is 23.2 Å². The number of benzene rings is 2. The number of ether oxygens (including phenoxy) is 2. The first-order chi connectivity index (χ1) is 14.4. The number of piperazine rings is 1. The average molecular weight is 451 g/mol. The number of amides is 2. The molecule has 0 radical (unpaired) electrons. The Morgan fingerprint density at radius 2 is 1.37 bits per heavy atom. The summed E-state index contributed by atoms with van der Waals surface area (Å²) in [5, 5.41) is 0.717. The van der Waals surface area contributed by atoms with Gasteiger partial charge in [-0.3, -0.25) is 9.59 Å². The van der Waals surface area contributed by atoms with Crippen LogP contribution in [0.1, 0.15) is 27.6 Å². The second-order valence-electron chi connectivity index (χ2n) is 6.52. The quantitative estimate of drug-likeness (QED) is 0.516. The summed E-state index contributed by atoms with van der Waals surface area (Å²) in [5.74, 6) is -0.0116. The van der Waals surface area contributed by atoms with Gasteiger partial charge in [0.2, 0.25) is 0 Å². The molecule has 0 saturated carbocycles. The molecule has 0 aromatic heterocycles. The van der Waals surface area contributed by atoms with E-state index in [2.05, 4.69) is 0 Å². The van der Waals surface area contributed by atoms with Crippen molar-refractivity contribution in [3.05, 3.63) is 63.6 Å². The van der Waals surface area contributed by atoms with Crippen molar-refractivity contribution in [3.8, 4) is 5.75 Å². The molecule has 3 rings (SSSR count). The van der Waals surface area contributed by atoms with E-state index >= 15 is 0 Å². The summed E-state index contributed by atoms with van der Waals surface area (Å²) in [5.41, 5.74) is 0.928. The average Bonchev–Trinajstić information content (AvgIpc) is 2.75. The third-order valence-electron chi connectivity index (χ3n) is 4.59. The highest BCUT2D eigenvalue weighted by molar-refractivity contribution is 6.42. The molecule has 1 aliphatic rings. The van der Waals surface area contributed by atoms with Crippen molar-refractivity contribution >= 4 is 41.2 Å². The molecule has 0 spiro atoms. The molecule has 158 valence electrons. The van der Waals surface area contributed by atoms with Gasteiger partial charge in [-0.25, -0.2) is 4.79 Å². The SMILES string of the molecule is CCOC(=O)Oc1ccc(C(=O)N2CCN(C(=O)c3ccc(Cl)c(Cl)c3)CC2)cc1. The lowest BCUT2D eigenvalue weighted by Gasteiger charge is -2.35. The van der Waals surface area contributed by atoms with E-state index in [-0.39, 0.29) is 18.4 Å². The summed E-state index contributed by atoms with van der Waals surface area (Å²) in [4.78, 5) is 40.1. The molecule has 2 aromatic carbocycles. The van der Waals surface area contributed by atoms with Crippen molar-refractivity contribution in [2.24, 2.45) is 0 Å². The predicted molar refractivity (Wildman–Crippen MR) is 112 cm³/mol. The third-order valence-corrected chi connectivity index (χ3v) is 5.32. The zero-order valence-electron chi connectivity index (χ0n) is 16.3. The van der Waals surface area contributed by atoms with Crippen molar-refractivity contribution in [1.29, 1.82) is 0 Å². The van der Waals surface area contributed by atoms with Crippen LogP contribution in [0.5, 0.6) is 5.75 Å². The van der Waals surface area contributed by atoms with E-state index in [9.17, 15) is 14.4 Å². The highest BCUT2D eigenvalue weighted by Gasteiger charge is 2.26. The van der Waals surface area contributed by atoms with Gasteiger partial charge in [0, 0.05) is 37.3 Å². The minimum atomic E-state index is -0.792. The van der Waals surface area contributed by atoms with Gasteiger partial charge >= 0.3 is 6.16 Å². The van der Waals surface area contributed by atoms with Crippen LogP contribution < -0.4 is 4.74 Å². The van der Waals surface area contributed by atoms with Gasteiger partial charge in [0.1, 0.15) is 5.75 Å². The largest absolute Gasteiger partial charge is 0.513 e. The Kier molecular flexibility index (Phi) is 7.18. The molecule has 1 aliphatic heterocycles. The normalized spacial score (nSPS) is 13.7. The first-order valence-electron chi connectivity index (χ1n) is 9.37. The van der Waals surface area contributed by atoms with E-state index in [1.807, 2.05) is 0 Å². The van der Waals surface area contributed by atoms with Crippen LogP contribution >= 0.6 is 23.2 Å². The second-order valence-corrected chi connectivity index (χ2v) is 7.34. The van der Waals surface area contributed by atoms with E-state index in [0.717, 1.165) is 0 Å². The van der Waals surface area contributed by atoms with Crippen LogP contribution in [-0.2, 0) is 4.74 Å². The fourth-order valence-corrected chi connectivity index (χ4v) is 3.31. The Hall–Kier alpha value is -2.77. The molecule has 1 heterocycles. The van der Waals surface area contributed by atoms with Crippen LogP contribution in [0.4, 0.5) is 4.79 Å². The number of carbonyl (C=O) groups is 3. The smallest absolute Gasteiger partial charge is 0.434 e. The fraction of sp³-hybridized carbons (Fsp3) is 0.286. The molecule has 0 bridgehead atoms. The summed E-state index contributed by atoms with van der Waals surface area (Å²) in [7, 11) is 0. The molecule has 9 heteroatoms. The maximum Gasteiger partial charge on any atom is 0.513 e. The van der Waals surface area contributed by atoms with Gasteiger partial charge < -0.3 is 19.3 Å². The van der Waals surface area contributed by atoms with Crippen LogP contribution in [0.2, 0.25) is 10.0 Å². The Morgan fingerprint density at radius 1 is 0.833 bits per heavy atom. The number of halogens is 2. The summed E-state index contributed by atoms with van der Waals surface area (Å²) >= 11 is 11.9. The zero-order valence-corrected chi connectivity index (χ0v) is 17.8. The lowest BCUT2D eigenvalue weighted by Crippen LogP contribution is -2.50. The zero-order chi connectivity index (χ0) is 21.7. The van der Waals surface area contributed by atoms with Crippen LogP contribution in [0.3, 0.4) is 0 Å². The summed E-state index contributed by atoms with van der Waals surface area (Å²) in [6.07, 6.45) is -0.792. The Morgan fingerprint density at radius 3 is 1.90 bits per heavy atom. The minimum absolute atomic E-state index is 0.152. The maximum absolute atomic E-state index is 12.7. The van der Waals surface area contributed by atoms with Crippen LogP contribution in [0, 0.1) is 0 Å². The summed E-state index contributed by atoms with van der Waals surface area (Å²) < 4.78 is 9.70. The van der Waals surface area contributed by atoms with Crippen molar-refractivity contribution in [1.82, 2.24) is 9.80 Å². The monoisotopic (exact) mass is 450 g/mol. The Balaban J connectivity index is 1.56. The number of nitrogens with zero attached hydrogens (tertiary/aromatic N) is 2. The predicted octanol–water partition coefficient (Wildman–Crippen LogP) is 4.13. The van der Waals surface area contributed by atoms with Crippen molar-refractivity contribution in [2.45, 2.75) is 6.92 Å². The van der Waals surface area contributed by atoms with E-state index in [4.69, 9.17) is 32.7 Å². The van der Waals surface area contributed by atoms with E-state index in [1.165, 1.54) is 12.1 Å². The van der Waals surface area contributed by atoms with Gasteiger partial charge in [-0.05, 0) is 49.4 Å². The molecule has 7 nitrogen and oxygen atoms in total. The molecule has 30 heavy (non-hydrogen) atoms. The van der Waals surface area contributed by atoms with Gasteiger partial charge in [-0.15, -0.1) is 0 Å². The molecule has 0 unspecified atom stereocenters. The maximum atomic E-state index is 12.7. The van der Waals surface area contributed by atoms with Crippen molar-refractivity contribution in [3.63, 3.8) is 0 Å². The van der Waals surface area contributed by atoms with Crippen LogP contribution in [-0.4, -0.2) is 60.6 Å². The van der Waals surface area contributed by atoms with Crippen molar-refractivity contribution in [2.75, 3.05) is 32.8 Å². The second kappa shape index (κ2) is 9.82. The number of hydrogen-bond donors (Lipinski definition) is 0. The molecule has 2 aromatic rings. The first-order valence-corrected chi connectivity index (χ1v) is 10.1. The van der Waals surface area contributed by atoms with Crippen LogP contribution in [0.25, 0.3) is 0 Å². The highest BCUT2D eigenvalue weighted by atomic mass is 35.5. The van der Waals surface area contributed by atoms with Gasteiger partial charge in [0.25, 0.3) is 11.8 Å². The lowest BCUT2D eigenvalue weighted by molar-refractivity contribution is 0.0535. The molecule has 1 saturated heterocycles. The van der Waals surface area contributed by atoms with E-state index in [0.29, 0.717) is 53.1 Å². The molecular formula is C21H20Cl2N2O5. The molecule has 1 fully saturated rings. The number of hydrogen-bond acceptors (Lipinski definition) is 5. The third kappa shape index (κ3) is 5.23. The summed E-state index contributed by atoms with van der Waals surface area (Å²) in [6.45, 7) is 3.54. The standard InChI is InChI=1S/C21H20Cl2N2O5/c1-2-29-21(28)30-16-6-3-14(4-7-16)19(26)24-9-11-25(12-10-24)20(27)15-5-8-17(22)18(23)13-15/h3-8,13H,2,9-12H2,1H3. The Labute approximate surface area is 184 Å². The first kappa shape index (κ1) is 21.9. The van der Waals surface area contributed by atoms with Crippen molar-refractivity contribution < 1.29 is 23.9 Å². The van der Waals surface area contributed by atoms with E-state index in [1.54, 1.807) is 47.1 Å². The summed E-state index contributed by atoms with van der Waals surface area (Å²) in [6, 6.07) is 11.0. The van der Waals surface area contributed by atoms with Crippen LogP contribution in [0.15, 0.2) is 42.5 Å². The van der Waals surface area contributed by atoms with Gasteiger partial charge in [-0.2, -0.15) is 0 Å². The highest BCUT2D eigenvalue weighted by Crippen LogP contribution is 2.23. The Bertz CT molecular complexity index is 941. The molecule has 2 amide bonds. The number of carbonyl (C=O) groups excluding carboxylic acids is 3. The topological polar surface area (TPSA) is 76.2 Å². The molecular weight excluding hydrogens is 431 g/mol. The van der Waals surface area contributed by atoms with E-state index < -0.39 is 6.16 Å². The molecule has 0 aliphatic carbocycles. The lowest BCUT2D eigenvalue weighted by atomic mass is 10.1. The molecule has 0 N–H and O–H groups in total. The van der Waals surface area contributed by atoms with Gasteiger partial charge in [0.15, 0.2) is 0 Å². The minimum Gasteiger partial charge on any atom is -0.434 e. The fourth-order valence-electron chi connectivity index (χ4n) is 3.02. The van der Waals surface area contributed by atoms with Gasteiger partial charge in [0.05, 0.1) is 16.7 Å².